The Kier molecular flexibility index (Phi) is 3.71. The highest BCUT2D eigenvalue weighted by Gasteiger charge is 2.13. The molecule has 0 saturated carbocycles. The van der Waals surface area contributed by atoms with Crippen LogP contribution >= 0.6 is 0 Å². The van der Waals surface area contributed by atoms with Crippen LogP contribution in [0.25, 0.3) is 11.3 Å². The summed E-state index contributed by atoms with van der Waals surface area (Å²) in [6.45, 7) is 1.79. The topological polar surface area (TPSA) is 104 Å². The summed E-state index contributed by atoms with van der Waals surface area (Å²) in [5.74, 6) is -1.79. The van der Waals surface area contributed by atoms with E-state index in [1.165, 1.54) is 12.1 Å². The molecule has 3 aromatic rings. The number of hydrogen-bond donors (Lipinski definition) is 3. The second-order valence-corrected chi connectivity index (χ2v) is 4.84. The smallest absolute Gasteiger partial charge is 0.338 e. The number of halogens is 1. The Morgan fingerprint density at radius 1 is 1.35 bits per heavy atom. The lowest BCUT2D eigenvalue weighted by Crippen LogP contribution is -2.02. The Balaban J connectivity index is 1.98. The highest BCUT2D eigenvalue weighted by molar-refractivity contribution is 5.88. The van der Waals surface area contributed by atoms with Gasteiger partial charge in [-0.2, -0.15) is 5.10 Å². The molecule has 7 nitrogen and oxygen atoms in total. The monoisotopic (exact) mass is 313 g/mol. The molecule has 2 heterocycles. The summed E-state index contributed by atoms with van der Waals surface area (Å²) in [6.07, 6.45) is 4.82. The second kappa shape index (κ2) is 5.84. The third-order valence-electron chi connectivity index (χ3n) is 3.20. The summed E-state index contributed by atoms with van der Waals surface area (Å²) in [7, 11) is 0. The van der Waals surface area contributed by atoms with Gasteiger partial charge in [0.25, 0.3) is 0 Å². The van der Waals surface area contributed by atoms with Gasteiger partial charge in [-0.1, -0.05) is 6.07 Å². The predicted molar refractivity (Wildman–Crippen MR) is 81.0 cm³/mol. The number of carboxylic acids is 1. The fraction of sp³-hybridized carbons (Fsp3) is 0.0667. The lowest BCUT2D eigenvalue weighted by Gasteiger charge is -2.09. The van der Waals surface area contributed by atoms with Crippen molar-refractivity contribution in [2.75, 3.05) is 5.32 Å². The van der Waals surface area contributed by atoms with E-state index in [-0.39, 0.29) is 5.56 Å². The van der Waals surface area contributed by atoms with Gasteiger partial charge >= 0.3 is 5.97 Å². The molecule has 0 fully saturated rings. The quantitative estimate of drug-likeness (QED) is 0.684. The zero-order valence-corrected chi connectivity index (χ0v) is 12.0. The standard InChI is InChI=1S/C15H12FN5O2/c1-8-5-17-15(20-10-6-18-19-7-10)21-13(8)9-2-3-11(14(22)23)12(16)4-9/h2-7H,1H3,(H,18,19)(H,22,23)(H,17,20,21). The lowest BCUT2D eigenvalue weighted by atomic mass is 10.1. The second-order valence-electron chi connectivity index (χ2n) is 4.84. The molecule has 23 heavy (non-hydrogen) atoms. The molecule has 116 valence electrons. The van der Waals surface area contributed by atoms with Crippen molar-refractivity contribution >= 4 is 17.6 Å². The average molecular weight is 313 g/mol. The Morgan fingerprint density at radius 3 is 2.83 bits per heavy atom. The molecule has 0 aliphatic rings. The number of nitrogens with one attached hydrogen (secondary N) is 2. The van der Waals surface area contributed by atoms with Crippen LogP contribution in [-0.4, -0.2) is 31.2 Å². The summed E-state index contributed by atoms with van der Waals surface area (Å²) >= 11 is 0. The van der Waals surface area contributed by atoms with E-state index in [1.54, 1.807) is 25.5 Å². The number of aromatic carboxylic acids is 1. The molecule has 0 spiro atoms. The maximum absolute atomic E-state index is 13.9. The van der Waals surface area contributed by atoms with Gasteiger partial charge in [-0.15, -0.1) is 0 Å². The maximum Gasteiger partial charge on any atom is 0.338 e. The Bertz CT molecular complexity index is 864. The van der Waals surface area contributed by atoms with Crippen molar-refractivity contribution in [2.45, 2.75) is 6.92 Å². The molecule has 1 aromatic carbocycles. The number of carbonyl (C=O) groups is 1. The third kappa shape index (κ3) is 3.00. The van der Waals surface area contributed by atoms with Crippen LogP contribution in [0.5, 0.6) is 0 Å². The highest BCUT2D eigenvalue weighted by atomic mass is 19.1. The van der Waals surface area contributed by atoms with Gasteiger partial charge < -0.3 is 10.4 Å². The molecular weight excluding hydrogens is 301 g/mol. The van der Waals surface area contributed by atoms with Crippen LogP contribution in [-0.2, 0) is 0 Å². The van der Waals surface area contributed by atoms with E-state index in [9.17, 15) is 9.18 Å². The van der Waals surface area contributed by atoms with Crippen LogP contribution in [0.4, 0.5) is 16.0 Å². The van der Waals surface area contributed by atoms with Crippen LogP contribution in [0.15, 0.2) is 36.8 Å². The van der Waals surface area contributed by atoms with Crippen molar-refractivity contribution < 1.29 is 14.3 Å². The number of rotatable bonds is 4. The molecule has 0 radical (unpaired) electrons. The maximum atomic E-state index is 13.9. The molecule has 0 amide bonds. The number of aromatic nitrogens is 4. The molecular formula is C15H12FN5O2. The van der Waals surface area contributed by atoms with Crippen molar-refractivity contribution in [1.29, 1.82) is 0 Å². The Labute approximate surface area is 130 Å². The number of benzene rings is 1. The van der Waals surface area contributed by atoms with Gasteiger partial charge in [-0.25, -0.2) is 19.2 Å². The van der Waals surface area contributed by atoms with Crippen LogP contribution in [0.1, 0.15) is 15.9 Å². The first-order valence-corrected chi connectivity index (χ1v) is 6.67. The fourth-order valence-electron chi connectivity index (χ4n) is 2.08. The van der Waals surface area contributed by atoms with Gasteiger partial charge in [0.15, 0.2) is 0 Å². The zero-order chi connectivity index (χ0) is 16.4. The number of nitrogens with zero attached hydrogens (tertiary/aromatic N) is 3. The number of aromatic amines is 1. The number of anilines is 2. The summed E-state index contributed by atoms with van der Waals surface area (Å²) in [6, 6.07) is 3.89. The molecule has 0 bridgehead atoms. The largest absolute Gasteiger partial charge is 0.478 e. The number of carboxylic acid groups (broad SMARTS) is 1. The molecule has 3 rings (SSSR count). The normalized spacial score (nSPS) is 10.5. The Morgan fingerprint density at radius 2 is 2.17 bits per heavy atom. The van der Waals surface area contributed by atoms with Gasteiger partial charge in [0, 0.05) is 18.0 Å². The zero-order valence-electron chi connectivity index (χ0n) is 12.0. The first kappa shape index (κ1) is 14.6. The minimum atomic E-state index is -1.31. The van der Waals surface area contributed by atoms with E-state index < -0.39 is 11.8 Å². The van der Waals surface area contributed by atoms with Gasteiger partial charge in [-0.3, -0.25) is 5.10 Å². The summed E-state index contributed by atoms with van der Waals surface area (Å²) in [4.78, 5) is 19.4. The van der Waals surface area contributed by atoms with Gasteiger partial charge in [0.2, 0.25) is 5.95 Å². The van der Waals surface area contributed by atoms with Crippen molar-refractivity contribution in [2.24, 2.45) is 0 Å². The predicted octanol–water partition coefficient (Wildman–Crippen LogP) is 2.76. The van der Waals surface area contributed by atoms with Crippen molar-refractivity contribution in [3.05, 3.63) is 53.7 Å². The van der Waals surface area contributed by atoms with Crippen LogP contribution in [0.2, 0.25) is 0 Å². The average Bonchev–Trinajstić information content (AvgIpc) is 3.01. The SMILES string of the molecule is Cc1cnc(Nc2cn[nH]c2)nc1-c1ccc(C(=O)O)c(F)c1. The summed E-state index contributed by atoms with van der Waals surface area (Å²) in [5.41, 5.74) is 2.04. The van der Waals surface area contributed by atoms with Gasteiger partial charge in [0.1, 0.15) is 5.82 Å². The molecule has 8 heteroatoms. The van der Waals surface area contributed by atoms with E-state index in [0.717, 1.165) is 11.6 Å². The van der Waals surface area contributed by atoms with Gasteiger partial charge in [-0.05, 0) is 24.6 Å². The van der Waals surface area contributed by atoms with E-state index in [2.05, 4.69) is 25.5 Å². The van der Waals surface area contributed by atoms with Crippen molar-refractivity contribution in [1.82, 2.24) is 20.2 Å². The van der Waals surface area contributed by atoms with Crippen molar-refractivity contribution in [3.8, 4) is 11.3 Å². The number of aryl methyl sites for hydroxylation is 1. The minimum Gasteiger partial charge on any atom is -0.478 e. The number of H-pyrrole nitrogens is 1. The van der Waals surface area contributed by atoms with E-state index >= 15 is 0 Å². The van der Waals surface area contributed by atoms with E-state index in [1.807, 2.05) is 0 Å². The molecule has 0 unspecified atom stereocenters. The van der Waals surface area contributed by atoms with Crippen molar-refractivity contribution in [3.63, 3.8) is 0 Å². The third-order valence-corrected chi connectivity index (χ3v) is 3.20. The van der Waals surface area contributed by atoms with E-state index in [0.29, 0.717) is 22.9 Å². The highest BCUT2D eigenvalue weighted by Crippen LogP contribution is 2.24. The van der Waals surface area contributed by atoms with Crippen LogP contribution in [0, 0.1) is 12.7 Å². The van der Waals surface area contributed by atoms with Gasteiger partial charge in [0.05, 0.1) is 23.1 Å². The molecule has 0 aliphatic heterocycles. The molecule has 2 aromatic heterocycles. The fourth-order valence-corrected chi connectivity index (χ4v) is 2.08. The first-order chi connectivity index (χ1) is 11.0. The Hall–Kier alpha value is -3.29. The lowest BCUT2D eigenvalue weighted by molar-refractivity contribution is 0.0692. The molecule has 0 atom stereocenters. The first-order valence-electron chi connectivity index (χ1n) is 6.67. The van der Waals surface area contributed by atoms with E-state index in [4.69, 9.17) is 5.11 Å². The molecule has 0 saturated heterocycles. The minimum absolute atomic E-state index is 0.328. The summed E-state index contributed by atoms with van der Waals surface area (Å²) < 4.78 is 13.9. The molecule has 3 N–H and O–H groups in total. The van der Waals surface area contributed by atoms with Crippen LogP contribution < -0.4 is 5.32 Å². The van der Waals surface area contributed by atoms with Crippen LogP contribution in [0.3, 0.4) is 0 Å². The number of hydrogen-bond acceptors (Lipinski definition) is 5. The molecule has 0 aliphatic carbocycles. The summed E-state index contributed by atoms with van der Waals surface area (Å²) in [5, 5.41) is 18.3.